The monoisotopic (exact) mass is 431 g/mol. The first-order chi connectivity index (χ1) is 14.7. The van der Waals surface area contributed by atoms with Gasteiger partial charge in [-0.2, -0.15) is 0 Å². The van der Waals surface area contributed by atoms with Crippen molar-refractivity contribution in [2.45, 2.75) is 18.9 Å². The molecule has 1 aromatic carbocycles. The summed E-state index contributed by atoms with van der Waals surface area (Å²) in [5.74, 6) is -2.57. The number of ether oxygens (including phenoxy) is 1. The number of nitrogens with one attached hydrogen (secondary N) is 3. The van der Waals surface area contributed by atoms with E-state index in [9.17, 15) is 28.8 Å². The van der Waals surface area contributed by atoms with Crippen molar-refractivity contribution in [2.75, 3.05) is 32.6 Å². The van der Waals surface area contributed by atoms with Gasteiger partial charge in [0.25, 0.3) is 11.8 Å². The van der Waals surface area contributed by atoms with E-state index in [2.05, 4.69) is 16.0 Å². The van der Waals surface area contributed by atoms with Crippen molar-refractivity contribution in [2.24, 2.45) is 0 Å². The number of hydrogen-bond acceptors (Lipinski definition) is 7. The number of amides is 7. The third-order valence-electron chi connectivity index (χ3n) is 4.92. The molecule has 1 atom stereocenters. The molecule has 12 heteroatoms. The summed E-state index contributed by atoms with van der Waals surface area (Å²) < 4.78 is 4.83. The molecule has 0 spiro atoms. The first-order valence-electron chi connectivity index (χ1n) is 9.45. The van der Waals surface area contributed by atoms with Crippen LogP contribution in [-0.2, 0) is 14.3 Å². The Kier molecular flexibility index (Phi) is 6.18. The highest BCUT2D eigenvalue weighted by Crippen LogP contribution is 2.32. The molecule has 12 nitrogen and oxygen atoms in total. The zero-order valence-electron chi connectivity index (χ0n) is 16.9. The fraction of sp³-hybridized carbons (Fsp3) is 0.368. The Morgan fingerprint density at radius 2 is 1.97 bits per heavy atom. The van der Waals surface area contributed by atoms with E-state index in [0.29, 0.717) is 0 Å². The van der Waals surface area contributed by atoms with E-state index < -0.39 is 41.8 Å². The number of anilines is 1. The van der Waals surface area contributed by atoms with Gasteiger partial charge in [-0.05, 0) is 18.6 Å². The Morgan fingerprint density at radius 1 is 1.23 bits per heavy atom. The summed E-state index contributed by atoms with van der Waals surface area (Å²) in [5, 5.41) is 6.97. The van der Waals surface area contributed by atoms with Crippen LogP contribution in [0.2, 0.25) is 0 Å². The van der Waals surface area contributed by atoms with Crippen LogP contribution in [0.25, 0.3) is 0 Å². The van der Waals surface area contributed by atoms with Crippen LogP contribution in [0.3, 0.4) is 0 Å². The molecule has 2 heterocycles. The average Bonchev–Trinajstić information content (AvgIpc) is 2.99. The lowest BCUT2D eigenvalue weighted by Gasteiger charge is -2.27. The van der Waals surface area contributed by atoms with Gasteiger partial charge in [0, 0.05) is 20.5 Å². The van der Waals surface area contributed by atoms with Crippen molar-refractivity contribution in [3.05, 3.63) is 29.3 Å². The number of piperidine rings is 1. The number of carbonyl (C=O) groups excluding carboxylic acids is 6. The van der Waals surface area contributed by atoms with E-state index in [1.54, 1.807) is 0 Å². The van der Waals surface area contributed by atoms with Crippen molar-refractivity contribution in [3.63, 3.8) is 0 Å². The zero-order chi connectivity index (χ0) is 22.7. The quantitative estimate of drug-likeness (QED) is 0.550. The second kappa shape index (κ2) is 8.81. The molecular weight excluding hydrogens is 410 g/mol. The Hall–Kier alpha value is -3.96. The fourth-order valence-electron chi connectivity index (χ4n) is 3.28. The summed E-state index contributed by atoms with van der Waals surface area (Å²) in [6, 6.07) is 2.71. The highest BCUT2D eigenvalue weighted by Gasteiger charge is 2.45. The lowest BCUT2D eigenvalue weighted by molar-refractivity contribution is -0.136. The van der Waals surface area contributed by atoms with Gasteiger partial charge in [-0.3, -0.25) is 29.4 Å². The number of hydrogen-bond donors (Lipinski definition) is 3. The van der Waals surface area contributed by atoms with Gasteiger partial charge in [0.05, 0.1) is 23.4 Å². The molecule has 0 aromatic heterocycles. The minimum atomic E-state index is -1.10. The van der Waals surface area contributed by atoms with Crippen molar-refractivity contribution in [3.8, 4) is 0 Å². The summed E-state index contributed by atoms with van der Waals surface area (Å²) in [7, 11) is 2.87. The number of carbonyl (C=O) groups is 6. The Morgan fingerprint density at radius 3 is 2.65 bits per heavy atom. The number of nitrogens with zero attached hydrogens (tertiary/aromatic N) is 2. The highest BCUT2D eigenvalue weighted by molar-refractivity contribution is 6.26. The van der Waals surface area contributed by atoms with Gasteiger partial charge in [-0.15, -0.1) is 0 Å². The van der Waals surface area contributed by atoms with Crippen LogP contribution in [0.5, 0.6) is 0 Å². The van der Waals surface area contributed by atoms with Crippen LogP contribution in [-0.4, -0.2) is 78.8 Å². The van der Waals surface area contributed by atoms with Gasteiger partial charge >= 0.3 is 12.1 Å². The molecule has 3 N–H and O–H groups in total. The van der Waals surface area contributed by atoms with Gasteiger partial charge < -0.3 is 20.3 Å². The fourth-order valence-corrected chi connectivity index (χ4v) is 3.28. The molecule has 1 saturated heterocycles. The first kappa shape index (κ1) is 21.7. The maximum atomic E-state index is 13.0. The number of urea groups is 1. The van der Waals surface area contributed by atoms with E-state index in [0.717, 1.165) is 4.90 Å². The topological polar surface area (TPSA) is 154 Å². The second-order valence-electron chi connectivity index (χ2n) is 6.91. The van der Waals surface area contributed by atoms with Gasteiger partial charge in [0.1, 0.15) is 12.6 Å². The van der Waals surface area contributed by atoms with Crippen LogP contribution in [0.15, 0.2) is 18.2 Å². The number of likely N-dealkylation sites (N-methyl/N-ethyl adjacent to an activating group) is 1. The van der Waals surface area contributed by atoms with E-state index in [1.807, 2.05) is 0 Å². The molecule has 0 bridgehead atoms. The summed E-state index contributed by atoms with van der Waals surface area (Å²) in [6.45, 7) is 0.0424. The number of imide groups is 2. The maximum absolute atomic E-state index is 13.0. The molecule has 3 rings (SSSR count). The summed E-state index contributed by atoms with van der Waals surface area (Å²) in [6.07, 6.45) is -0.588. The van der Waals surface area contributed by atoms with Crippen molar-refractivity contribution in [1.82, 2.24) is 20.4 Å². The molecule has 164 valence electrons. The second-order valence-corrected chi connectivity index (χ2v) is 6.91. The molecule has 1 aromatic rings. The van der Waals surface area contributed by atoms with Gasteiger partial charge in [-0.25, -0.2) is 9.59 Å². The van der Waals surface area contributed by atoms with Crippen LogP contribution >= 0.6 is 0 Å². The zero-order valence-corrected chi connectivity index (χ0v) is 16.9. The number of alkyl carbamates (subject to hydrolysis) is 1. The molecule has 2 aliphatic rings. The number of benzene rings is 1. The van der Waals surface area contributed by atoms with Crippen molar-refractivity contribution in [1.29, 1.82) is 0 Å². The molecule has 31 heavy (non-hydrogen) atoms. The third-order valence-corrected chi connectivity index (χ3v) is 4.92. The standard InChI is InChI=1S/C19H21N5O7/c1-20-19(30)31-9-8-23(2)18(29)21-11-5-3-4-10-14(11)17(28)24(16(10)27)12-6-7-13(25)22-15(12)26/h3-5,12H,6-9H2,1-2H3,(H,20,30)(H,21,29)(H,22,25,26). The van der Waals surface area contributed by atoms with Gasteiger partial charge in [-0.1, -0.05) is 6.07 Å². The largest absolute Gasteiger partial charge is 0.448 e. The highest BCUT2D eigenvalue weighted by atomic mass is 16.5. The SMILES string of the molecule is CNC(=O)OCCN(C)C(=O)Nc1cccc2c1C(=O)N(C1CCC(=O)NC1=O)C2=O. The maximum Gasteiger partial charge on any atom is 0.406 e. The van der Waals surface area contributed by atoms with Crippen LogP contribution < -0.4 is 16.0 Å². The normalized spacial score (nSPS) is 17.7. The lowest BCUT2D eigenvalue weighted by Crippen LogP contribution is -2.54. The average molecular weight is 431 g/mol. The molecule has 1 fully saturated rings. The number of fused-ring (bicyclic) bond motifs is 1. The minimum absolute atomic E-state index is 0.0102. The van der Waals surface area contributed by atoms with Gasteiger partial charge in [0.2, 0.25) is 11.8 Å². The summed E-state index contributed by atoms with van der Waals surface area (Å²) >= 11 is 0. The molecule has 2 aliphatic heterocycles. The van der Waals surface area contributed by atoms with Crippen molar-refractivity contribution >= 4 is 41.4 Å². The van der Waals surface area contributed by atoms with Crippen LogP contribution in [0, 0.1) is 0 Å². The van der Waals surface area contributed by atoms with E-state index >= 15 is 0 Å². The minimum Gasteiger partial charge on any atom is -0.448 e. The molecule has 0 radical (unpaired) electrons. The Balaban J connectivity index is 1.74. The summed E-state index contributed by atoms with van der Waals surface area (Å²) in [5.41, 5.74) is 0.133. The smallest absolute Gasteiger partial charge is 0.406 e. The van der Waals surface area contributed by atoms with E-state index in [4.69, 9.17) is 4.74 Å². The van der Waals surface area contributed by atoms with E-state index in [-0.39, 0.29) is 42.8 Å². The van der Waals surface area contributed by atoms with Gasteiger partial charge in [0.15, 0.2) is 0 Å². The molecule has 7 amide bonds. The Bertz CT molecular complexity index is 976. The lowest BCUT2D eigenvalue weighted by atomic mass is 10.0. The van der Waals surface area contributed by atoms with Crippen molar-refractivity contribution < 1.29 is 33.5 Å². The first-order valence-corrected chi connectivity index (χ1v) is 9.45. The summed E-state index contributed by atoms with van der Waals surface area (Å²) in [4.78, 5) is 74.9. The Labute approximate surface area is 176 Å². The van der Waals surface area contributed by atoms with Crippen LogP contribution in [0.1, 0.15) is 33.6 Å². The molecule has 0 aliphatic carbocycles. The molecule has 0 saturated carbocycles. The van der Waals surface area contributed by atoms with Crippen LogP contribution in [0.4, 0.5) is 15.3 Å². The predicted octanol–water partition coefficient (Wildman–Crippen LogP) is -0.0925. The molecular formula is C19H21N5O7. The number of rotatable bonds is 5. The third kappa shape index (κ3) is 4.32. The molecule has 1 unspecified atom stereocenters. The predicted molar refractivity (Wildman–Crippen MR) is 105 cm³/mol. The van der Waals surface area contributed by atoms with E-state index in [1.165, 1.54) is 37.2 Å².